The summed E-state index contributed by atoms with van der Waals surface area (Å²) in [7, 11) is 0. The standard InChI is InChI=1S/C17H16/c1-17-10-12-6-2-4-8-14(12)16(17)15-9-5-3-7-13(15)11-17/h2-9,16H,10-11H2,1H3. The molecule has 0 amide bonds. The minimum Gasteiger partial charge on any atom is -0.0620 e. The molecule has 0 bridgehead atoms. The molecule has 2 aliphatic rings. The summed E-state index contributed by atoms with van der Waals surface area (Å²) in [4.78, 5) is 0. The average molecular weight is 220 g/mol. The van der Waals surface area contributed by atoms with Crippen LogP contribution in [0.4, 0.5) is 0 Å². The predicted molar refractivity (Wildman–Crippen MR) is 70.2 cm³/mol. The van der Waals surface area contributed by atoms with Crippen LogP contribution >= 0.6 is 0 Å². The molecule has 4 rings (SSSR count). The van der Waals surface area contributed by atoms with Crippen LogP contribution in [0.5, 0.6) is 0 Å². The maximum Gasteiger partial charge on any atom is 0.0155 e. The fourth-order valence-corrected chi connectivity index (χ4v) is 4.01. The van der Waals surface area contributed by atoms with Crippen molar-refractivity contribution in [3.05, 3.63) is 70.8 Å². The second-order valence-corrected chi connectivity index (χ2v) is 5.84. The van der Waals surface area contributed by atoms with Crippen molar-refractivity contribution < 1.29 is 0 Å². The molecular formula is C17H16. The average Bonchev–Trinajstić information content (AvgIpc) is 2.76. The molecule has 2 aromatic carbocycles. The smallest absolute Gasteiger partial charge is 0.0155 e. The van der Waals surface area contributed by atoms with Crippen LogP contribution in [-0.4, -0.2) is 0 Å². The first kappa shape index (κ1) is 9.47. The fraction of sp³-hybridized carbons (Fsp3) is 0.294. The highest BCUT2D eigenvalue weighted by atomic mass is 14.5. The maximum atomic E-state index is 2.46. The van der Waals surface area contributed by atoms with Crippen molar-refractivity contribution in [2.75, 3.05) is 0 Å². The molecule has 0 nitrogen and oxygen atoms in total. The van der Waals surface area contributed by atoms with E-state index in [1.807, 2.05) is 0 Å². The van der Waals surface area contributed by atoms with E-state index in [0.29, 0.717) is 11.3 Å². The zero-order chi connectivity index (χ0) is 11.5. The van der Waals surface area contributed by atoms with E-state index in [2.05, 4.69) is 55.5 Å². The Morgan fingerprint density at radius 3 is 1.82 bits per heavy atom. The van der Waals surface area contributed by atoms with E-state index in [-0.39, 0.29) is 0 Å². The normalized spacial score (nSPS) is 28.6. The Kier molecular flexibility index (Phi) is 1.68. The topological polar surface area (TPSA) is 0 Å². The lowest BCUT2D eigenvalue weighted by atomic mass is 9.79. The number of hydrogen-bond acceptors (Lipinski definition) is 0. The highest BCUT2D eigenvalue weighted by Gasteiger charge is 2.48. The van der Waals surface area contributed by atoms with Gasteiger partial charge in [0.15, 0.2) is 0 Å². The van der Waals surface area contributed by atoms with Crippen molar-refractivity contribution in [3.8, 4) is 0 Å². The number of fused-ring (bicyclic) bond motifs is 5. The van der Waals surface area contributed by atoms with Gasteiger partial charge >= 0.3 is 0 Å². The van der Waals surface area contributed by atoms with Gasteiger partial charge in [-0.25, -0.2) is 0 Å². The molecule has 0 radical (unpaired) electrons. The van der Waals surface area contributed by atoms with Gasteiger partial charge in [0.2, 0.25) is 0 Å². The van der Waals surface area contributed by atoms with Gasteiger partial charge in [0.25, 0.3) is 0 Å². The molecular weight excluding hydrogens is 204 g/mol. The molecule has 0 fully saturated rings. The summed E-state index contributed by atoms with van der Waals surface area (Å²) in [6.45, 7) is 2.46. The van der Waals surface area contributed by atoms with Crippen LogP contribution in [0.3, 0.4) is 0 Å². The van der Waals surface area contributed by atoms with Gasteiger partial charge in [0.1, 0.15) is 0 Å². The van der Waals surface area contributed by atoms with Crippen molar-refractivity contribution in [1.82, 2.24) is 0 Å². The highest BCUT2D eigenvalue weighted by molar-refractivity contribution is 5.52. The van der Waals surface area contributed by atoms with Crippen molar-refractivity contribution in [2.45, 2.75) is 25.7 Å². The van der Waals surface area contributed by atoms with E-state index in [0.717, 1.165) is 0 Å². The van der Waals surface area contributed by atoms with Gasteiger partial charge in [-0.1, -0.05) is 55.5 Å². The fourth-order valence-electron chi connectivity index (χ4n) is 4.01. The molecule has 84 valence electrons. The maximum absolute atomic E-state index is 2.46. The molecule has 0 N–H and O–H groups in total. The van der Waals surface area contributed by atoms with Gasteiger partial charge in [-0.2, -0.15) is 0 Å². The van der Waals surface area contributed by atoms with E-state index in [1.165, 1.54) is 12.8 Å². The second-order valence-electron chi connectivity index (χ2n) is 5.84. The SMILES string of the molecule is CC12Cc3ccccc3C1c1ccccc1C2. The zero-order valence-corrected chi connectivity index (χ0v) is 10.1. The Bertz CT molecular complexity index is 545. The van der Waals surface area contributed by atoms with Gasteiger partial charge in [0, 0.05) is 5.92 Å². The van der Waals surface area contributed by atoms with Crippen LogP contribution in [0.25, 0.3) is 0 Å². The Labute approximate surface area is 102 Å². The minimum atomic E-state index is 0.424. The summed E-state index contributed by atoms with van der Waals surface area (Å²) in [5.41, 5.74) is 6.69. The van der Waals surface area contributed by atoms with Crippen LogP contribution < -0.4 is 0 Å². The number of rotatable bonds is 0. The van der Waals surface area contributed by atoms with E-state index in [4.69, 9.17) is 0 Å². The molecule has 0 saturated heterocycles. The molecule has 0 heteroatoms. The highest BCUT2D eigenvalue weighted by Crippen LogP contribution is 2.57. The zero-order valence-electron chi connectivity index (χ0n) is 10.1. The lowest BCUT2D eigenvalue weighted by molar-refractivity contribution is 0.333. The largest absolute Gasteiger partial charge is 0.0620 e. The van der Waals surface area contributed by atoms with E-state index in [9.17, 15) is 0 Å². The van der Waals surface area contributed by atoms with Gasteiger partial charge in [-0.05, 0) is 40.5 Å². The molecule has 2 aliphatic carbocycles. The first-order chi connectivity index (χ1) is 8.28. The van der Waals surface area contributed by atoms with Crippen molar-refractivity contribution in [1.29, 1.82) is 0 Å². The minimum absolute atomic E-state index is 0.424. The lowest BCUT2D eigenvalue weighted by Crippen LogP contribution is -2.18. The van der Waals surface area contributed by atoms with E-state index in [1.54, 1.807) is 22.3 Å². The van der Waals surface area contributed by atoms with Crippen molar-refractivity contribution in [2.24, 2.45) is 5.41 Å². The first-order valence-corrected chi connectivity index (χ1v) is 6.43. The summed E-state index contributed by atoms with van der Waals surface area (Å²) in [6.07, 6.45) is 2.48. The molecule has 0 atom stereocenters. The van der Waals surface area contributed by atoms with Crippen LogP contribution in [0.15, 0.2) is 48.5 Å². The molecule has 0 unspecified atom stereocenters. The van der Waals surface area contributed by atoms with E-state index < -0.39 is 0 Å². The van der Waals surface area contributed by atoms with Crippen LogP contribution in [0.2, 0.25) is 0 Å². The molecule has 0 spiro atoms. The number of hydrogen-bond donors (Lipinski definition) is 0. The molecule has 0 aromatic heterocycles. The summed E-state index contributed by atoms with van der Waals surface area (Å²) in [5, 5.41) is 0. The van der Waals surface area contributed by atoms with Crippen molar-refractivity contribution in [3.63, 3.8) is 0 Å². The van der Waals surface area contributed by atoms with Crippen molar-refractivity contribution >= 4 is 0 Å². The van der Waals surface area contributed by atoms with E-state index >= 15 is 0 Å². The third-order valence-electron chi connectivity index (χ3n) is 4.62. The molecule has 0 saturated carbocycles. The second kappa shape index (κ2) is 3.01. The quantitative estimate of drug-likeness (QED) is 0.631. The number of benzene rings is 2. The van der Waals surface area contributed by atoms with Gasteiger partial charge in [0.05, 0.1) is 0 Å². The van der Waals surface area contributed by atoms with Gasteiger partial charge in [-0.3, -0.25) is 0 Å². The third-order valence-corrected chi connectivity index (χ3v) is 4.62. The Balaban J connectivity index is 1.98. The Morgan fingerprint density at radius 2 is 1.29 bits per heavy atom. The molecule has 2 aromatic rings. The molecule has 17 heavy (non-hydrogen) atoms. The molecule has 0 heterocycles. The predicted octanol–water partition coefficient (Wildman–Crippen LogP) is 3.94. The Hall–Kier alpha value is -1.56. The summed E-state index contributed by atoms with van der Waals surface area (Å²) in [6, 6.07) is 18.0. The summed E-state index contributed by atoms with van der Waals surface area (Å²) >= 11 is 0. The third kappa shape index (κ3) is 1.13. The van der Waals surface area contributed by atoms with Gasteiger partial charge in [-0.15, -0.1) is 0 Å². The summed E-state index contributed by atoms with van der Waals surface area (Å²) in [5.74, 6) is 0.634. The van der Waals surface area contributed by atoms with Crippen LogP contribution in [0, 0.1) is 5.41 Å². The van der Waals surface area contributed by atoms with Crippen LogP contribution in [0.1, 0.15) is 35.1 Å². The lowest BCUT2D eigenvalue weighted by Gasteiger charge is -2.24. The first-order valence-electron chi connectivity index (χ1n) is 6.43. The Morgan fingerprint density at radius 1 is 0.824 bits per heavy atom. The summed E-state index contributed by atoms with van der Waals surface area (Å²) < 4.78 is 0. The van der Waals surface area contributed by atoms with Crippen LogP contribution in [-0.2, 0) is 12.8 Å². The molecule has 0 aliphatic heterocycles. The van der Waals surface area contributed by atoms with Gasteiger partial charge < -0.3 is 0 Å². The monoisotopic (exact) mass is 220 g/mol.